The predicted octanol–water partition coefficient (Wildman–Crippen LogP) is 2.21. The predicted molar refractivity (Wildman–Crippen MR) is 81.1 cm³/mol. The molecule has 1 heterocycles. The van der Waals surface area contributed by atoms with Crippen molar-refractivity contribution in [2.24, 2.45) is 0 Å². The Morgan fingerprint density at radius 2 is 2.10 bits per heavy atom. The number of fused-ring (bicyclic) bond motifs is 1. The second-order valence-electron chi connectivity index (χ2n) is 4.68. The van der Waals surface area contributed by atoms with Gasteiger partial charge in [-0.25, -0.2) is 9.78 Å². The Bertz CT molecular complexity index is 760. The van der Waals surface area contributed by atoms with Crippen LogP contribution in [0.3, 0.4) is 0 Å². The first-order chi connectivity index (χ1) is 10.1. The molecule has 0 atom stereocenters. The molecule has 0 radical (unpaired) electrons. The summed E-state index contributed by atoms with van der Waals surface area (Å²) >= 11 is 0. The number of aromatic nitrogens is 2. The van der Waals surface area contributed by atoms with Gasteiger partial charge in [0.15, 0.2) is 0 Å². The molecule has 1 aromatic heterocycles. The summed E-state index contributed by atoms with van der Waals surface area (Å²) < 4.78 is 6.35. The van der Waals surface area contributed by atoms with E-state index in [1.165, 1.54) is 7.11 Å². The number of hydrogen-bond donors (Lipinski definition) is 0. The van der Waals surface area contributed by atoms with E-state index in [2.05, 4.69) is 4.98 Å². The van der Waals surface area contributed by atoms with Gasteiger partial charge in [-0.1, -0.05) is 25.1 Å². The van der Waals surface area contributed by atoms with Gasteiger partial charge in [0, 0.05) is 12.1 Å². The number of methoxy groups -OCH3 is 1. The lowest BCUT2D eigenvalue weighted by atomic mass is 10.2. The smallest absolute Gasteiger partial charge is 0.333 e. The van der Waals surface area contributed by atoms with E-state index in [0.29, 0.717) is 24.2 Å². The van der Waals surface area contributed by atoms with Crippen LogP contribution in [-0.4, -0.2) is 22.6 Å². The zero-order chi connectivity index (χ0) is 15.4. The van der Waals surface area contributed by atoms with Crippen LogP contribution in [0.25, 0.3) is 11.0 Å². The number of aryl methyl sites for hydroxylation is 1. The zero-order valence-corrected chi connectivity index (χ0v) is 12.4. The molecule has 5 heteroatoms. The normalized spacial score (nSPS) is 11.7. The number of benzene rings is 1. The maximum Gasteiger partial charge on any atom is 0.333 e. The van der Waals surface area contributed by atoms with Crippen LogP contribution in [0.15, 0.2) is 40.7 Å². The van der Waals surface area contributed by atoms with Crippen LogP contribution >= 0.6 is 0 Å². The minimum absolute atomic E-state index is 0.148. The lowest BCUT2D eigenvalue weighted by molar-refractivity contribution is -0.136. The van der Waals surface area contributed by atoms with Gasteiger partial charge in [0.2, 0.25) is 0 Å². The molecular formula is C16H18N2O3. The largest absolute Gasteiger partial charge is 0.466 e. The highest BCUT2D eigenvalue weighted by molar-refractivity contribution is 5.88. The fraction of sp³-hybridized carbons (Fsp3) is 0.312. The summed E-state index contributed by atoms with van der Waals surface area (Å²) in [5.41, 5.74) is 2.37. The highest BCUT2D eigenvalue weighted by Gasteiger charge is 2.09. The van der Waals surface area contributed by atoms with Crippen molar-refractivity contribution in [1.82, 2.24) is 9.55 Å². The Labute approximate surface area is 122 Å². The summed E-state index contributed by atoms with van der Waals surface area (Å²) in [5.74, 6) is -0.361. The van der Waals surface area contributed by atoms with Crippen molar-refractivity contribution < 1.29 is 9.53 Å². The summed E-state index contributed by atoms with van der Waals surface area (Å²) in [6.45, 7) is 3.89. The maximum absolute atomic E-state index is 12.3. The number of esters is 1. The average molecular weight is 286 g/mol. The van der Waals surface area contributed by atoms with E-state index < -0.39 is 0 Å². The van der Waals surface area contributed by atoms with Gasteiger partial charge in [-0.05, 0) is 25.5 Å². The Morgan fingerprint density at radius 3 is 2.76 bits per heavy atom. The standard InChI is InChI=1S/C16H18N2O3/c1-4-12(16(20)21-3)9-10-18-14-8-6-5-7-13(14)17-11(2)15(18)19/h5-9H,4,10H2,1-3H3. The minimum atomic E-state index is -0.361. The second-order valence-corrected chi connectivity index (χ2v) is 4.68. The van der Waals surface area contributed by atoms with Gasteiger partial charge >= 0.3 is 5.97 Å². The molecule has 0 aliphatic carbocycles. The van der Waals surface area contributed by atoms with Gasteiger partial charge in [0.1, 0.15) is 5.69 Å². The van der Waals surface area contributed by atoms with Crippen LogP contribution in [0.2, 0.25) is 0 Å². The molecule has 0 spiro atoms. The number of para-hydroxylation sites is 2. The number of allylic oxidation sites excluding steroid dienone is 1. The zero-order valence-electron chi connectivity index (χ0n) is 12.4. The van der Waals surface area contributed by atoms with Crippen LogP contribution in [0, 0.1) is 6.92 Å². The first-order valence-corrected chi connectivity index (χ1v) is 6.82. The molecule has 2 aromatic rings. The summed E-state index contributed by atoms with van der Waals surface area (Å²) in [6.07, 6.45) is 2.29. The highest BCUT2D eigenvalue weighted by atomic mass is 16.5. The van der Waals surface area contributed by atoms with Crippen molar-refractivity contribution in [3.63, 3.8) is 0 Å². The third-order valence-corrected chi connectivity index (χ3v) is 3.36. The molecule has 1 aromatic carbocycles. The molecule has 0 bridgehead atoms. The van der Waals surface area contributed by atoms with Crippen LogP contribution in [0.4, 0.5) is 0 Å². The Kier molecular flexibility index (Phi) is 4.52. The van der Waals surface area contributed by atoms with Gasteiger partial charge in [0.25, 0.3) is 5.56 Å². The van der Waals surface area contributed by atoms with E-state index in [9.17, 15) is 9.59 Å². The van der Waals surface area contributed by atoms with Crippen LogP contribution in [0.1, 0.15) is 19.0 Å². The number of rotatable bonds is 4. The van der Waals surface area contributed by atoms with Crippen molar-refractivity contribution in [3.05, 3.63) is 52.0 Å². The first kappa shape index (κ1) is 15.0. The quantitative estimate of drug-likeness (QED) is 0.638. The van der Waals surface area contributed by atoms with E-state index in [0.717, 1.165) is 11.0 Å². The SMILES string of the molecule is CCC(=CCn1c(=O)c(C)nc2ccccc21)C(=O)OC. The molecule has 2 rings (SSSR count). The molecule has 21 heavy (non-hydrogen) atoms. The first-order valence-electron chi connectivity index (χ1n) is 6.82. The van der Waals surface area contributed by atoms with Crippen molar-refractivity contribution in [2.75, 3.05) is 7.11 Å². The fourth-order valence-electron chi connectivity index (χ4n) is 2.21. The molecule has 0 saturated heterocycles. The maximum atomic E-state index is 12.3. The number of nitrogens with zero attached hydrogens (tertiary/aromatic N) is 2. The Balaban J connectivity index is 2.51. The molecule has 0 N–H and O–H groups in total. The van der Waals surface area contributed by atoms with E-state index in [1.54, 1.807) is 17.6 Å². The minimum Gasteiger partial charge on any atom is -0.466 e. The Morgan fingerprint density at radius 1 is 1.38 bits per heavy atom. The van der Waals surface area contributed by atoms with E-state index in [1.807, 2.05) is 31.2 Å². The monoisotopic (exact) mass is 286 g/mol. The van der Waals surface area contributed by atoms with E-state index in [-0.39, 0.29) is 11.5 Å². The second kappa shape index (κ2) is 6.35. The average Bonchev–Trinajstić information content (AvgIpc) is 2.50. The number of carbonyl (C=O) groups is 1. The number of ether oxygens (including phenoxy) is 1. The Hall–Kier alpha value is -2.43. The van der Waals surface area contributed by atoms with Crippen molar-refractivity contribution in [3.8, 4) is 0 Å². The van der Waals surface area contributed by atoms with Crippen molar-refractivity contribution in [2.45, 2.75) is 26.8 Å². The third-order valence-electron chi connectivity index (χ3n) is 3.36. The molecule has 5 nitrogen and oxygen atoms in total. The molecule has 0 aliphatic heterocycles. The van der Waals surface area contributed by atoms with Crippen molar-refractivity contribution in [1.29, 1.82) is 0 Å². The van der Waals surface area contributed by atoms with Crippen LogP contribution in [-0.2, 0) is 16.1 Å². The van der Waals surface area contributed by atoms with Gasteiger partial charge in [-0.15, -0.1) is 0 Å². The third kappa shape index (κ3) is 3.02. The van der Waals surface area contributed by atoms with Gasteiger partial charge in [0.05, 0.1) is 18.1 Å². The molecule has 0 amide bonds. The molecule has 0 fully saturated rings. The lowest BCUT2D eigenvalue weighted by Gasteiger charge is -2.09. The molecular weight excluding hydrogens is 268 g/mol. The van der Waals surface area contributed by atoms with Gasteiger partial charge in [-0.2, -0.15) is 0 Å². The van der Waals surface area contributed by atoms with Crippen LogP contribution in [0.5, 0.6) is 0 Å². The summed E-state index contributed by atoms with van der Waals surface area (Å²) in [5, 5.41) is 0. The van der Waals surface area contributed by atoms with Gasteiger partial charge < -0.3 is 9.30 Å². The van der Waals surface area contributed by atoms with Gasteiger partial charge in [-0.3, -0.25) is 4.79 Å². The topological polar surface area (TPSA) is 61.2 Å². The summed E-state index contributed by atoms with van der Waals surface area (Å²) in [6, 6.07) is 7.45. The van der Waals surface area contributed by atoms with E-state index in [4.69, 9.17) is 4.74 Å². The summed E-state index contributed by atoms with van der Waals surface area (Å²) in [4.78, 5) is 28.2. The molecule has 0 saturated carbocycles. The molecule has 110 valence electrons. The van der Waals surface area contributed by atoms with E-state index >= 15 is 0 Å². The van der Waals surface area contributed by atoms with Crippen molar-refractivity contribution >= 4 is 17.0 Å². The lowest BCUT2D eigenvalue weighted by Crippen LogP contribution is -2.24. The fourth-order valence-corrected chi connectivity index (χ4v) is 2.21. The number of carbonyl (C=O) groups excluding carboxylic acids is 1. The number of hydrogen-bond acceptors (Lipinski definition) is 4. The molecule has 0 unspecified atom stereocenters. The van der Waals surface area contributed by atoms with Crippen LogP contribution < -0.4 is 5.56 Å². The summed E-state index contributed by atoms with van der Waals surface area (Å²) in [7, 11) is 1.35. The highest BCUT2D eigenvalue weighted by Crippen LogP contribution is 2.11. The molecule has 0 aliphatic rings.